The molecular weight excluding hydrogens is 502 g/mol. The number of ether oxygens (including phenoxy) is 1. The van der Waals surface area contributed by atoms with Gasteiger partial charge in [-0.2, -0.15) is 0 Å². The van der Waals surface area contributed by atoms with Gasteiger partial charge in [-0.05, 0) is 92.1 Å². The van der Waals surface area contributed by atoms with E-state index in [0.717, 1.165) is 44.1 Å². The van der Waals surface area contributed by atoms with Crippen molar-refractivity contribution >= 4 is 28.7 Å². The van der Waals surface area contributed by atoms with Crippen molar-refractivity contribution in [3.63, 3.8) is 0 Å². The van der Waals surface area contributed by atoms with Gasteiger partial charge in [-0.1, -0.05) is 31.2 Å². The van der Waals surface area contributed by atoms with Crippen molar-refractivity contribution in [1.29, 1.82) is 0 Å². The van der Waals surface area contributed by atoms with Crippen LogP contribution in [0.2, 0.25) is 0 Å². The van der Waals surface area contributed by atoms with Crippen molar-refractivity contribution < 1.29 is 4.74 Å². The first-order chi connectivity index (χ1) is 19.1. The molecule has 1 N–H and O–H groups in total. The maximum atomic E-state index is 6.00. The number of hydrogen-bond donors (Lipinski definition) is 1. The van der Waals surface area contributed by atoms with Crippen LogP contribution in [0.5, 0.6) is 0 Å². The SMILES string of the molecule is CCc1ccccc1-n1c(C)cc([C@@H]2[C@@H](c3ccccn3)NC(=S)N2c2ccc(N3CCOCC3)cc2)c1C. The van der Waals surface area contributed by atoms with Crippen molar-refractivity contribution in [1.82, 2.24) is 14.9 Å². The Morgan fingerprint density at radius 3 is 2.38 bits per heavy atom. The second kappa shape index (κ2) is 10.8. The minimum absolute atomic E-state index is 0.0459. The van der Waals surface area contributed by atoms with Gasteiger partial charge in [-0.25, -0.2) is 0 Å². The Balaban J connectivity index is 1.44. The lowest BCUT2D eigenvalue weighted by Gasteiger charge is -2.31. The fourth-order valence-corrected chi connectivity index (χ4v) is 6.43. The standard InChI is InChI=1S/C32H35N5OS/c1-4-24-9-5-6-11-29(24)36-22(2)21-27(23(36)3)31-30(28-10-7-8-16-33-28)34-32(39)37(31)26-14-12-25(13-15-26)35-17-19-38-20-18-35/h5-16,21,30-31H,4,17-20H2,1-3H3,(H,34,39)/t30-,31-/m1/s1. The Morgan fingerprint density at radius 2 is 1.67 bits per heavy atom. The second-order valence-corrected chi connectivity index (χ2v) is 10.6. The summed E-state index contributed by atoms with van der Waals surface area (Å²) in [6.07, 6.45) is 2.84. The molecule has 39 heavy (non-hydrogen) atoms. The summed E-state index contributed by atoms with van der Waals surface area (Å²) in [4.78, 5) is 9.39. The van der Waals surface area contributed by atoms with Gasteiger partial charge >= 0.3 is 0 Å². The topological polar surface area (TPSA) is 45.6 Å². The number of nitrogens with zero attached hydrogens (tertiary/aromatic N) is 4. The van der Waals surface area contributed by atoms with Crippen LogP contribution in [-0.2, 0) is 11.2 Å². The van der Waals surface area contributed by atoms with Crippen molar-refractivity contribution in [3.05, 3.63) is 107 Å². The zero-order valence-corrected chi connectivity index (χ0v) is 23.6. The molecule has 0 unspecified atom stereocenters. The second-order valence-electron chi connectivity index (χ2n) is 10.3. The summed E-state index contributed by atoms with van der Waals surface area (Å²) in [5, 5.41) is 4.34. The molecule has 4 aromatic rings. The highest BCUT2D eigenvalue weighted by Gasteiger charge is 2.42. The molecule has 0 spiro atoms. The number of anilines is 2. The summed E-state index contributed by atoms with van der Waals surface area (Å²) in [6.45, 7) is 10.0. The van der Waals surface area contributed by atoms with E-state index in [-0.39, 0.29) is 12.1 Å². The summed E-state index contributed by atoms with van der Waals surface area (Å²) in [5.41, 5.74) is 9.53. The normalized spacial score (nSPS) is 19.4. The summed E-state index contributed by atoms with van der Waals surface area (Å²) in [7, 11) is 0. The fraction of sp³-hybridized carbons (Fsp3) is 0.312. The summed E-state index contributed by atoms with van der Waals surface area (Å²) in [6, 6.07) is 25.8. The lowest BCUT2D eigenvalue weighted by molar-refractivity contribution is 0.122. The Hall–Kier alpha value is -3.68. The molecule has 2 aliphatic rings. The van der Waals surface area contributed by atoms with Gasteiger partial charge in [0, 0.05) is 47.7 Å². The van der Waals surface area contributed by atoms with Crippen molar-refractivity contribution in [2.45, 2.75) is 39.3 Å². The number of benzene rings is 2. The van der Waals surface area contributed by atoms with Crippen LogP contribution in [0.1, 0.15) is 47.2 Å². The summed E-state index contributed by atoms with van der Waals surface area (Å²) < 4.78 is 7.94. The molecule has 4 heterocycles. The fourth-order valence-electron chi connectivity index (χ4n) is 6.08. The Morgan fingerprint density at radius 1 is 0.949 bits per heavy atom. The van der Waals surface area contributed by atoms with E-state index in [1.54, 1.807) is 0 Å². The number of aryl methyl sites for hydroxylation is 2. The van der Waals surface area contributed by atoms with E-state index in [1.165, 1.54) is 33.9 Å². The molecule has 0 radical (unpaired) electrons. The molecule has 2 fully saturated rings. The van der Waals surface area contributed by atoms with E-state index in [4.69, 9.17) is 21.9 Å². The molecule has 200 valence electrons. The van der Waals surface area contributed by atoms with E-state index in [0.29, 0.717) is 5.11 Å². The molecule has 2 aromatic carbocycles. The Labute approximate surface area is 236 Å². The number of nitrogens with one attached hydrogen (secondary N) is 1. The average molecular weight is 538 g/mol. The number of para-hydroxylation sites is 1. The highest BCUT2D eigenvalue weighted by Crippen LogP contribution is 2.44. The largest absolute Gasteiger partial charge is 0.378 e. The van der Waals surface area contributed by atoms with Crippen LogP contribution < -0.4 is 15.1 Å². The third kappa shape index (κ3) is 4.70. The van der Waals surface area contributed by atoms with E-state index < -0.39 is 0 Å². The molecule has 0 aliphatic carbocycles. The molecule has 0 amide bonds. The smallest absolute Gasteiger partial charge is 0.174 e. The zero-order chi connectivity index (χ0) is 26.9. The third-order valence-corrected chi connectivity index (χ3v) is 8.32. The molecular formula is C32H35N5OS. The first-order valence-corrected chi connectivity index (χ1v) is 14.2. The molecule has 7 heteroatoms. The highest BCUT2D eigenvalue weighted by atomic mass is 32.1. The number of rotatable bonds is 6. The lowest BCUT2D eigenvalue weighted by Crippen LogP contribution is -2.36. The molecule has 0 saturated carbocycles. The number of thiocarbonyl (C=S) groups is 1. The van der Waals surface area contributed by atoms with Crippen LogP contribution in [-0.4, -0.2) is 41.0 Å². The van der Waals surface area contributed by atoms with Gasteiger partial charge < -0.3 is 24.4 Å². The number of morpholine rings is 1. The molecule has 2 aliphatic heterocycles. The number of hydrogen-bond acceptors (Lipinski definition) is 4. The third-order valence-electron chi connectivity index (χ3n) is 8.00. The molecule has 6 nitrogen and oxygen atoms in total. The summed E-state index contributed by atoms with van der Waals surface area (Å²) >= 11 is 6.00. The van der Waals surface area contributed by atoms with Gasteiger partial charge in [0.2, 0.25) is 0 Å². The Kier molecular flexibility index (Phi) is 7.11. The van der Waals surface area contributed by atoms with Gasteiger partial charge in [0.25, 0.3) is 0 Å². The van der Waals surface area contributed by atoms with E-state index in [1.807, 2.05) is 18.3 Å². The molecule has 2 aromatic heterocycles. The molecule has 0 bridgehead atoms. The zero-order valence-electron chi connectivity index (χ0n) is 22.8. The molecule has 2 saturated heterocycles. The van der Waals surface area contributed by atoms with Crippen LogP contribution in [0.3, 0.4) is 0 Å². The summed E-state index contributed by atoms with van der Waals surface area (Å²) in [5.74, 6) is 0. The van der Waals surface area contributed by atoms with Gasteiger partial charge in [-0.15, -0.1) is 0 Å². The van der Waals surface area contributed by atoms with E-state index in [2.05, 4.69) is 101 Å². The van der Waals surface area contributed by atoms with Gasteiger partial charge in [0.1, 0.15) is 0 Å². The van der Waals surface area contributed by atoms with Crippen LogP contribution in [0.15, 0.2) is 79.0 Å². The van der Waals surface area contributed by atoms with Crippen LogP contribution in [0, 0.1) is 13.8 Å². The minimum Gasteiger partial charge on any atom is -0.378 e. The Bertz CT molecular complexity index is 1460. The van der Waals surface area contributed by atoms with E-state index >= 15 is 0 Å². The van der Waals surface area contributed by atoms with Crippen LogP contribution in [0.4, 0.5) is 11.4 Å². The first-order valence-electron chi connectivity index (χ1n) is 13.8. The number of aromatic nitrogens is 2. The predicted octanol–water partition coefficient (Wildman–Crippen LogP) is 6.07. The maximum Gasteiger partial charge on any atom is 0.174 e. The quantitative estimate of drug-likeness (QED) is 0.302. The lowest BCUT2D eigenvalue weighted by atomic mass is 9.96. The van der Waals surface area contributed by atoms with Crippen LogP contribution in [0.25, 0.3) is 5.69 Å². The maximum absolute atomic E-state index is 6.00. The average Bonchev–Trinajstić information content (AvgIpc) is 3.48. The monoisotopic (exact) mass is 537 g/mol. The minimum atomic E-state index is -0.0759. The van der Waals surface area contributed by atoms with E-state index in [9.17, 15) is 0 Å². The number of pyridine rings is 1. The first kappa shape index (κ1) is 25.6. The van der Waals surface area contributed by atoms with Gasteiger partial charge in [-0.3, -0.25) is 4.98 Å². The van der Waals surface area contributed by atoms with Crippen molar-refractivity contribution in [2.75, 3.05) is 36.1 Å². The van der Waals surface area contributed by atoms with Crippen molar-refractivity contribution in [3.8, 4) is 5.69 Å². The van der Waals surface area contributed by atoms with Crippen LogP contribution >= 0.6 is 12.2 Å². The van der Waals surface area contributed by atoms with Crippen molar-refractivity contribution in [2.24, 2.45) is 0 Å². The predicted molar refractivity (Wildman–Crippen MR) is 162 cm³/mol. The molecule has 6 rings (SSSR count). The highest BCUT2D eigenvalue weighted by molar-refractivity contribution is 7.80. The molecule has 2 atom stereocenters. The van der Waals surface area contributed by atoms with Gasteiger partial charge in [0.05, 0.1) is 31.0 Å². The van der Waals surface area contributed by atoms with Gasteiger partial charge in [0.15, 0.2) is 5.11 Å².